The van der Waals surface area contributed by atoms with E-state index in [1.807, 2.05) is 6.07 Å². The number of anilines is 3. The maximum absolute atomic E-state index is 14.5. The highest BCUT2D eigenvalue weighted by molar-refractivity contribution is 6.33. The van der Waals surface area contributed by atoms with Crippen LogP contribution in [0, 0.1) is 29.1 Å². The van der Waals surface area contributed by atoms with E-state index in [1.54, 1.807) is 27.7 Å². The molecule has 0 bridgehead atoms. The molecule has 13 heteroatoms. The van der Waals surface area contributed by atoms with Crippen LogP contribution >= 0.6 is 11.6 Å². The molecule has 0 spiro atoms. The number of rotatable bonds is 8. The van der Waals surface area contributed by atoms with Crippen molar-refractivity contribution in [2.75, 3.05) is 50.1 Å². The Bertz CT molecular complexity index is 1610. The Morgan fingerprint density at radius 1 is 1.24 bits per heavy atom. The second-order valence-corrected chi connectivity index (χ2v) is 11.4. The Morgan fingerprint density at radius 2 is 1.95 bits per heavy atom. The summed E-state index contributed by atoms with van der Waals surface area (Å²) < 4.78 is 36.2. The molecule has 1 aromatic carbocycles. The summed E-state index contributed by atoms with van der Waals surface area (Å²) in [5.74, 6) is -4.14. The van der Waals surface area contributed by atoms with Gasteiger partial charge in [0.05, 0.1) is 16.1 Å². The average Bonchev–Trinajstić information content (AvgIpc) is 2.94. The van der Waals surface area contributed by atoms with Crippen LogP contribution in [0.3, 0.4) is 0 Å². The molecular weight excluding hydrogens is 568 g/mol. The van der Waals surface area contributed by atoms with Crippen molar-refractivity contribution in [3.8, 4) is 11.8 Å². The molecule has 42 heavy (non-hydrogen) atoms. The van der Waals surface area contributed by atoms with Gasteiger partial charge in [0.25, 0.3) is 17.4 Å². The highest BCUT2D eigenvalue weighted by Gasteiger charge is 2.47. The summed E-state index contributed by atoms with van der Waals surface area (Å²) in [6, 6.07) is 10.5. The van der Waals surface area contributed by atoms with Crippen molar-refractivity contribution in [2.24, 2.45) is 17.8 Å². The minimum absolute atomic E-state index is 0.0446. The van der Waals surface area contributed by atoms with Crippen molar-refractivity contribution in [1.29, 1.82) is 5.26 Å². The number of amides is 1. The minimum Gasteiger partial charge on any atom is -0.478 e. The van der Waals surface area contributed by atoms with Gasteiger partial charge in [0.2, 0.25) is 0 Å². The standard InChI is InChI=1S/C29H32ClF2N7O3/c1-16-12-38(13-17(2)29(16,31)32)27-20(9-33)7-22(30)26(37-27)36-21-4-5-23-19(6-21)8-24(42-15-25(40)34-3)28(41)39(23)14-18-10-35-11-18/h4-8,16-18,35H,10-15H2,1-3H3,(H,34,40)(H,36,37)/t16-,17+. The number of nitriles is 1. The van der Waals surface area contributed by atoms with E-state index in [-0.39, 0.29) is 65.1 Å². The highest BCUT2D eigenvalue weighted by Crippen LogP contribution is 2.40. The van der Waals surface area contributed by atoms with Gasteiger partial charge in [-0.2, -0.15) is 5.26 Å². The molecule has 2 aromatic heterocycles. The number of likely N-dealkylation sites (N-methyl/N-ethyl adjacent to an activating group) is 1. The number of carbonyl (C=O) groups excluding carboxylic acids is 1. The Morgan fingerprint density at radius 3 is 2.57 bits per heavy atom. The third-order valence-electron chi connectivity index (χ3n) is 7.95. The van der Waals surface area contributed by atoms with Crippen LogP contribution in [0.1, 0.15) is 19.4 Å². The number of nitrogens with one attached hydrogen (secondary N) is 3. The van der Waals surface area contributed by atoms with E-state index in [9.17, 15) is 23.6 Å². The number of alkyl halides is 2. The van der Waals surface area contributed by atoms with Gasteiger partial charge >= 0.3 is 0 Å². The zero-order chi connectivity index (χ0) is 30.2. The fraction of sp³-hybridized carbons (Fsp3) is 0.448. The van der Waals surface area contributed by atoms with E-state index in [0.717, 1.165) is 13.1 Å². The Balaban J connectivity index is 1.49. The maximum Gasteiger partial charge on any atom is 0.293 e. The van der Waals surface area contributed by atoms with Crippen molar-refractivity contribution in [2.45, 2.75) is 26.3 Å². The molecule has 0 unspecified atom stereocenters. The van der Waals surface area contributed by atoms with Gasteiger partial charge in [0.15, 0.2) is 18.2 Å². The molecular formula is C29H32ClF2N7O3. The summed E-state index contributed by atoms with van der Waals surface area (Å²) in [4.78, 5) is 31.4. The second kappa shape index (κ2) is 11.7. The quantitative estimate of drug-likeness (QED) is 0.358. The summed E-state index contributed by atoms with van der Waals surface area (Å²) in [6.45, 7) is 4.87. The molecule has 0 aliphatic carbocycles. The van der Waals surface area contributed by atoms with E-state index in [1.165, 1.54) is 27.0 Å². The number of halogens is 3. The third-order valence-corrected chi connectivity index (χ3v) is 8.23. The summed E-state index contributed by atoms with van der Waals surface area (Å²) in [5.41, 5.74) is 1.16. The van der Waals surface area contributed by atoms with Crippen molar-refractivity contribution in [3.05, 3.63) is 51.3 Å². The summed E-state index contributed by atoms with van der Waals surface area (Å²) in [5, 5.41) is 19.5. The molecule has 4 heterocycles. The molecule has 2 fully saturated rings. The number of carbonyl (C=O) groups is 1. The maximum atomic E-state index is 14.5. The third kappa shape index (κ3) is 5.71. The van der Waals surface area contributed by atoms with Crippen LogP contribution in [-0.2, 0) is 11.3 Å². The molecule has 2 aliphatic rings. The second-order valence-electron chi connectivity index (χ2n) is 11.0. The van der Waals surface area contributed by atoms with E-state index in [2.05, 4.69) is 27.0 Å². The molecule has 2 aliphatic heterocycles. The summed E-state index contributed by atoms with van der Waals surface area (Å²) in [7, 11) is 1.49. The number of hydrogen-bond acceptors (Lipinski definition) is 8. The topological polar surface area (TPSA) is 124 Å². The zero-order valence-corrected chi connectivity index (χ0v) is 24.3. The minimum atomic E-state index is -2.82. The fourth-order valence-corrected chi connectivity index (χ4v) is 5.54. The van der Waals surface area contributed by atoms with Gasteiger partial charge in [0.1, 0.15) is 11.9 Å². The lowest BCUT2D eigenvalue weighted by molar-refractivity contribution is -0.122. The normalized spacial score (nSPS) is 20.1. The van der Waals surface area contributed by atoms with Gasteiger partial charge in [-0.05, 0) is 30.3 Å². The summed E-state index contributed by atoms with van der Waals surface area (Å²) >= 11 is 6.50. The number of hydrogen-bond donors (Lipinski definition) is 3. The first kappa shape index (κ1) is 29.5. The van der Waals surface area contributed by atoms with Crippen LogP contribution in [0.4, 0.5) is 26.1 Å². The Hall–Kier alpha value is -3.95. The molecule has 1 amide bonds. The SMILES string of the molecule is CNC(=O)COc1cc2cc(Nc3nc(N4C[C@@H](C)C(F)(F)[C@@H](C)C4)c(C#N)cc3Cl)ccc2n(CC2CNC2)c1=O. The van der Waals surface area contributed by atoms with Crippen molar-refractivity contribution < 1.29 is 18.3 Å². The number of pyridine rings is 2. The summed E-state index contributed by atoms with van der Waals surface area (Å²) in [6.07, 6.45) is 0. The van der Waals surface area contributed by atoms with Crippen molar-refractivity contribution >= 4 is 45.7 Å². The molecule has 3 N–H and O–H groups in total. The number of benzene rings is 1. The number of ether oxygens (including phenoxy) is 1. The number of piperidine rings is 1. The first-order chi connectivity index (χ1) is 20.0. The van der Waals surface area contributed by atoms with Crippen LogP contribution in [-0.4, -0.2) is 61.2 Å². The van der Waals surface area contributed by atoms with Crippen molar-refractivity contribution in [3.63, 3.8) is 0 Å². The van der Waals surface area contributed by atoms with E-state index in [0.29, 0.717) is 23.1 Å². The first-order valence-corrected chi connectivity index (χ1v) is 14.1. The zero-order valence-electron chi connectivity index (χ0n) is 23.5. The lowest BCUT2D eigenvalue weighted by Crippen LogP contribution is -2.52. The highest BCUT2D eigenvalue weighted by atomic mass is 35.5. The van der Waals surface area contributed by atoms with Crippen LogP contribution < -0.4 is 31.1 Å². The number of nitrogens with zero attached hydrogens (tertiary/aromatic N) is 4. The smallest absolute Gasteiger partial charge is 0.293 e. The van der Waals surface area contributed by atoms with Gasteiger partial charge < -0.3 is 30.2 Å². The van der Waals surface area contributed by atoms with Gasteiger partial charge in [-0.25, -0.2) is 13.8 Å². The molecule has 0 radical (unpaired) electrons. The predicted octanol–water partition coefficient (Wildman–Crippen LogP) is 3.74. The van der Waals surface area contributed by atoms with Gasteiger partial charge in [-0.1, -0.05) is 25.4 Å². The molecule has 5 rings (SSSR count). The molecule has 10 nitrogen and oxygen atoms in total. The molecule has 0 saturated carbocycles. The van der Waals surface area contributed by atoms with E-state index in [4.69, 9.17) is 16.3 Å². The largest absolute Gasteiger partial charge is 0.478 e. The van der Waals surface area contributed by atoms with E-state index < -0.39 is 17.8 Å². The van der Waals surface area contributed by atoms with Gasteiger partial charge in [-0.3, -0.25) is 9.59 Å². The van der Waals surface area contributed by atoms with Crippen LogP contribution in [0.25, 0.3) is 10.9 Å². The van der Waals surface area contributed by atoms with Crippen LogP contribution in [0.15, 0.2) is 35.1 Å². The first-order valence-electron chi connectivity index (χ1n) is 13.7. The van der Waals surface area contributed by atoms with Crippen LogP contribution in [0.5, 0.6) is 5.75 Å². The van der Waals surface area contributed by atoms with Gasteiger partial charge in [-0.15, -0.1) is 0 Å². The molecule has 3 aromatic rings. The predicted molar refractivity (Wildman–Crippen MR) is 157 cm³/mol. The molecule has 222 valence electrons. The number of aromatic nitrogens is 2. The molecule has 2 atom stereocenters. The number of fused-ring (bicyclic) bond motifs is 1. The van der Waals surface area contributed by atoms with Crippen LogP contribution in [0.2, 0.25) is 5.02 Å². The monoisotopic (exact) mass is 599 g/mol. The van der Waals surface area contributed by atoms with E-state index >= 15 is 0 Å². The Labute approximate surface area is 246 Å². The lowest BCUT2D eigenvalue weighted by atomic mass is 9.87. The lowest BCUT2D eigenvalue weighted by Gasteiger charge is -2.42. The Kier molecular flexibility index (Phi) is 8.25. The van der Waals surface area contributed by atoms with Gasteiger partial charge in [0, 0.05) is 68.6 Å². The average molecular weight is 600 g/mol. The fourth-order valence-electron chi connectivity index (χ4n) is 5.34. The molecule has 2 saturated heterocycles. The van der Waals surface area contributed by atoms with Crippen molar-refractivity contribution in [1.82, 2.24) is 20.2 Å².